The van der Waals surface area contributed by atoms with Crippen LogP contribution in [0.4, 0.5) is 5.95 Å². The fourth-order valence-electron chi connectivity index (χ4n) is 3.23. The van der Waals surface area contributed by atoms with Crippen LogP contribution >= 0.6 is 0 Å². The first-order chi connectivity index (χ1) is 12.6. The molecule has 0 bridgehead atoms. The summed E-state index contributed by atoms with van der Waals surface area (Å²) in [6.07, 6.45) is 1.13. The van der Waals surface area contributed by atoms with Crippen molar-refractivity contribution in [1.29, 1.82) is 0 Å². The normalized spacial score (nSPS) is 18.2. The van der Waals surface area contributed by atoms with Crippen molar-refractivity contribution in [1.82, 2.24) is 14.3 Å². The van der Waals surface area contributed by atoms with Gasteiger partial charge in [0.05, 0.1) is 15.9 Å². The summed E-state index contributed by atoms with van der Waals surface area (Å²) in [5.41, 5.74) is 1.55. The molecule has 0 radical (unpaired) electrons. The van der Waals surface area contributed by atoms with Crippen molar-refractivity contribution in [3.05, 3.63) is 54.6 Å². The van der Waals surface area contributed by atoms with Crippen molar-refractivity contribution in [2.24, 2.45) is 0 Å². The summed E-state index contributed by atoms with van der Waals surface area (Å²) in [4.78, 5) is 20.2. The lowest BCUT2D eigenvalue weighted by molar-refractivity contribution is -0.119. The molecule has 2 N–H and O–H groups in total. The average Bonchev–Trinajstić information content (AvgIpc) is 3.29. The predicted octanol–water partition coefficient (Wildman–Crippen LogP) is 2.35. The Bertz CT molecular complexity index is 1010. The molecule has 26 heavy (non-hydrogen) atoms. The van der Waals surface area contributed by atoms with E-state index >= 15 is 0 Å². The smallest absolute Gasteiger partial charge is 0.245 e. The maximum absolute atomic E-state index is 12.9. The van der Waals surface area contributed by atoms with Crippen LogP contribution in [-0.4, -0.2) is 41.2 Å². The zero-order chi connectivity index (χ0) is 18.1. The molecule has 1 aliphatic heterocycles. The molecule has 1 saturated heterocycles. The zero-order valence-electron chi connectivity index (χ0n) is 13.9. The van der Waals surface area contributed by atoms with Gasteiger partial charge in [0.2, 0.25) is 21.9 Å². The number of hydrogen-bond acceptors (Lipinski definition) is 4. The second-order valence-corrected chi connectivity index (χ2v) is 8.07. The molecule has 3 aromatic rings. The second-order valence-electron chi connectivity index (χ2n) is 6.18. The molecule has 1 unspecified atom stereocenters. The first-order valence-corrected chi connectivity index (χ1v) is 9.82. The number of benzene rings is 2. The molecule has 4 rings (SSSR count). The molecule has 0 saturated carbocycles. The van der Waals surface area contributed by atoms with E-state index in [1.165, 1.54) is 4.31 Å². The van der Waals surface area contributed by atoms with Crippen molar-refractivity contribution in [2.75, 3.05) is 11.9 Å². The lowest BCUT2D eigenvalue weighted by atomic mass is 10.2. The Balaban J connectivity index is 1.57. The number of para-hydroxylation sites is 2. The summed E-state index contributed by atoms with van der Waals surface area (Å²) < 4.78 is 27.0. The van der Waals surface area contributed by atoms with Gasteiger partial charge in [-0.3, -0.25) is 10.1 Å². The number of nitrogens with one attached hydrogen (secondary N) is 2. The van der Waals surface area contributed by atoms with Gasteiger partial charge in [0.1, 0.15) is 6.04 Å². The van der Waals surface area contributed by atoms with E-state index < -0.39 is 16.1 Å². The molecule has 7 nitrogen and oxygen atoms in total. The van der Waals surface area contributed by atoms with E-state index in [1.54, 1.807) is 30.3 Å². The van der Waals surface area contributed by atoms with Gasteiger partial charge in [0.25, 0.3) is 0 Å². The van der Waals surface area contributed by atoms with E-state index in [0.717, 1.165) is 11.0 Å². The number of carbonyl (C=O) groups excluding carboxylic acids is 1. The van der Waals surface area contributed by atoms with Crippen molar-refractivity contribution in [3.63, 3.8) is 0 Å². The number of anilines is 1. The Kier molecular flexibility index (Phi) is 4.21. The minimum Gasteiger partial charge on any atom is -0.324 e. The number of amides is 1. The Morgan fingerprint density at radius 1 is 1.12 bits per heavy atom. The maximum atomic E-state index is 12.9. The number of carbonyl (C=O) groups is 1. The number of sulfonamides is 1. The van der Waals surface area contributed by atoms with Crippen LogP contribution in [0.15, 0.2) is 59.5 Å². The molecule has 134 valence electrons. The molecule has 1 atom stereocenters. The molecule has 0 aliphatic carbocycles. The first kappa shape index (κ1) is 16.7. The number of rotatable bonds is 4. The molecule has 1 aromatic heterocycles. The minimum absolute atomic E-state index is 0.198. The van der Waals surface area contributed by atoms with Crippen molar-refractivity contribution in [2.45, 2.75) is 23.8 Å². The van der Waals surface area contributed by atoms with Crippen LogP contribution in [0.1, 0.15) is 12.8 Å². The van der Waals surface area contributed by atoms with E-state index in [-0.39, 0.29) is 10.8 Å². The highest BCUT2D eigenvalue weighted by Gasteiger charge is 2.39. The van der Waals surface area contributed by atoms with Gasteiger partial charge in [-0.25, -0.2) is 13.4 Å². The molecule has 1 aliphatic rings. The molecule has 0 spiro atoms. The molecule has 2 aromatic carbocycles. The Morgan fingerprint density at radius 2 is 1.85 bits per heavy atom. The number of H-pyrrole nitrogens is 1. The largest absolute Gasteiger partial charge is 0.324 e. The van der Waals surface area contributed by atoms with Gasteiger partial charge in [0, 0.05) is 6.54 Å². The summed E-state index contributed by atoms with van der Waals surface area (Å²) in [5.74, 6) is -0.0544. The fourth-order valence-corrected chi connectivity index (χ4v) is 4.91. The van der Waals surface area contributed by atoms with Crippen LogP contribution < -0.4 is 5.32 Å². The Hall–Kier alpha value is -2.71. The summed E-state index contributed by atoms with van der Waals surface area (Å²) in [6, 6.07) is 14.9. The highest BCUT2D eigenvalue weighted by Crippen LogP contribution is 2.27. The molecule has 1 fully saturated rings. The highest BCUT2D eigenvalue weighted by molar-refractivity contribution is 7.89. The van der Waals surface area contributed by atoms with Gasteiger partial charge >= 0.3 is 0 Å². The Morgan fingerprint density at radius 3 is 2.62 bits per heavy atom. The summed E-state index contributed by atoms with van der Waals surface area (Å²) in [7, 11) is -3.71. The Labute approximate surface area is 151 Å². The average molecular weight is 370 g/mol. The van der Waals surface area contributed by atoms with Crippen molar-refractivity contribution in [3.8, 4) is 0 Å². The fraction of sp³-hybridized carbons (Fsp3) is 0.222. The molecular formula is C18H18N4O3S. The van der Waals surface area contributed by atoms with Crippen LogP contribution in [0.3, 0.4) is 0 Å². The van der Waals surface area contributed by atoms with Gasteiger partial charge in [-0.2, -0.15) is 4.31 Å². The topological polar surface area (TPSA) is 95.2 Å². The van der Waals surface area contributed by atoms with Crippen LogP contribution in [0.2, 0.25) is 0 Å². The van der Waals surface area contributed by atoms with Gasteiger partial charge in [-0.05, 0) is 37.1 Å². The van der Waals surface area contributed by atoms with Crippen molar-refractivity contribution < 1.29 is 13.2 Å². The molecular weight excluding hydrogens is 352 g/mol. The zero-order valence-corrected chi connectivity index (χ0v) is 14.7. The SMILES string of the molecule is O=C(Nc1nc2ccccc2[nH]1)C1CCCN1S(=O)(=O)c1ccccc1. The van der Waals surface area contributed by atoms with Gasteiger partial charge in [0.15, 0.2) is 0 Å². The first-order valence-electron chi connectivity index (χ1n) is 8.38. The van der Waals surface area contributed by atoms with E-state index in [9.17, 15) is 13.2 Å². The number of aromatic amines is 1. The standard InChI is InChI=1S/C18H18N4O3S/c23-17(21-18-19-14-9-4-5-10-15(14)20-18)16-11-6-12-22(16)26(24,25)13-7-2-1-3-8-13/h1-5,7-10,16H,6,11-12H2,(H2,19,20,21,23). The third-order valence-electron chi connectivity index (χ3n) is 4.49. The second kappa shape index (κ2) is 6.54. The maximum Gasteiger partial charge on any atom is 0.245 e. The van der Waals surface area contributed by atoms with Gasteiger partial charge in [-0.1, -0.05) is 30.3 Å². The van der Waals surface area contributed by atoms with E-state index in [0.29, 0.717) is 25.3 Å². The number of aromatic nitrogens is 2. The molecule has 2 heterocycles. The quantitative estimate of drug-likeness (QED) is 0.737. The third-order valence-corrected chi connectivity index (χ3v) is 6.41. The van der Waals surface area contributed by atoms with E-state index in [4.69, 9.17) is 0 Å². The van der Waals surface area contributed by atoms with E-state index in [2.05, 4.69) is 15.3 Å². The summed E-state index contributed by atoms with van der Waals surface area (Å²) >= 11 is 0. The number of hydrogen-bond donors (Lipinski definition) is 2. The van der Waals surface area contributed by atoms with Crippen LogP contribution in [0, 0.1) is 0 Å². The number of fused-ring (bicyclic) bond motifs is 1. The minimum atomic E-state index is -3.71. The lowest BCUT2D eigenvalue weighted by Gasteiger charge is -2.23. The lowest BCUT2D eigenvalue weighted by Crippen LogP contribution is -2.43. The number of imidazole rings is 1. The predicted molar refractivity (Wildman–Crippen MR) is 98.1 cm³/mol. The van der Waals surface area contributed by atoms with Gasteiger partial charge < -0.3 is 4.98 Å². The molecule has 8 heteroatoms. The monoisotopic (exact) mass is 370 g/mol. The van der Waals surface area contributed by atoms with Gasteiger partial charge in [-0.15, -0.1) is 0 Å². The summed E-state index contributed by atoms with van der Waals surface area (Å²) in [6.45, 7) is 0.329. The molecule has 1 amide bonds. The van der Waals surface area contributed by atoms with Crippen molar-refractivity contribution >= 4 is 32.9 Å². The van der Waals surface area contributed by atoms with E-state index in [1.807, 2.05) is 24.3 Å². The van der Waals surface area contributed by atoms with Crippen LogP contribution in [0.25, 0.3) is 11.0 Å². The summed E-state index contributed by atoms with van der Waals surface area (Å²) in [5, 5.41) is 2.72. The highest BCUT2D eigenvalue weighted by atomic mass is 32.2. The third kappa shape index (κ3) is 2.97. The number of nitrogens with zero attached hydrogens (tertiary/aromatic N) is 2. The van der Waals surface area contributed by atoms with Crippen LogP contribution in [0.5, 0.6) is 0 Å². The van der Waals surface area contributed by atoms with Crippen LogP contribution in [-0.2, 0) is 14.8 Å².